The summed E-state index contributed by atoms with van der Waals surface area (Å²) in [5.74, 6) is 0. The molecular formula is C6H11ClF3NO. The SMILES string of the molecule is Cl.FC(F)(F)CCOC1CNC1. The second kappa shape index (κ2) is 4.89. The van der Waals surface area contributed by atoms with Gasteiger partial charge in [-0.05, 0) is 0 Å². The van der Waals surface area contributed by atoms with Gasteiger partial charge in [-0.25, -0.2) is 0 Å². The van der Waals surface area contributed by atoms with Crippen LogP contribution in [0.3, 0.4) is 0 Å². The highest BCUT2D eigenvalue weighted by molar-refractivity contribution is 5.85. The molecule has 0 aromatic rings. The summed E-state index contributed by atoms with van der Waals surface area (Å²) in [4.78, 5) is 0. The van der Waals surface area contributed by atoms with Crippen LogP contribution < -0.4 is 5.32 Å². The van der Waals surface area contributed by atoms with Gasteiger partial charge in [-0.3, -0.25) is 0 Å². The van der Waals surface area contributed by atoms with Crippen LogP contribution in [0.15, 0.2) is 0 Å². The summed E-state index contributed by atoms with van der Waals surface area (Å²) in [6.45, 7) is 1.14. The van der Waals surface area contributed by atoms with Crippen molar-refractivity contribution in [3.63, 3.8) is 0 Å². The molecule has 74 valence electrons. The number of hydrogen-bond acceptors (Lipinski definition) is 2. The normalized spacial score (nSPS) is 18.2. The predicted molar refractivity (Wildman–Crippen MR) is 40.5 cm³/mol. The van der Waals surface area contributed by atoms with Crippen molar-refractivity contribution < 1.29 is 17.9 Å². The zero-order valence-electron chi connectivity index (χ0n) is 6.36. The van der Waals surface area contributed by atoms with Gasteiger partial charge in [0.2, 0.25) is 0 Å². The molecule has 6 heteroatoms. The first-order chi connectivity index (χ1) is 5.08. The fourth-order valence-corrected chi connectivity index (χ4v) is 0.721. The Balaban J connectivity index is 0.00000121. The van der Waals surface area contributed by atoms with Gasteiger partial charge in [0, 0.05) is 13.1 Å². The number of halogens is 4. The minimum Gasteiger partial charge on any atom is -0.375 e. The van der Waals surface area contributed by atoms with Crippen LogP contribution in [0.1, 0.15) is 6.42 Å². The molecule has 1 aliphatic rings. The molecule has 0 radical (unpaired) electrons. The summed E-state index contributed by atoms with van der Waals surface area (Å²) >= 11 is 0. The minimum absolute atomic E-state index is 0. The van der Waals surface area contributed by atoms with Crippen molar-refractivity contribution in [3.8, 4) is 0 Å². The van der Waals surface area contributed by atoms with Gasteiger partial charge in [0.1, 0.15) is 0 Å². The smallest absolute Gasteiger partial charge is 0.375 e. The summed E-state index contributed by atoms with van der Waals surface area (Å²) in [5.41, 5.74) is 0. The van der Waals surface area contributed by atoms with Crippen LogP contribution in [0, 0.1) is 0 Å². The maximum absolute atomic E-state index is 11.5. The van der Waals surface area contributed by atoms with Crippen LogP contribution in [0.4, 0.5) is 13.2 Å². The molecule has 12 heavy (non-hydrogen) atoms. The van der Waals surface area contributed by atoms with Gasteiger partial charge in [0.15, 0.2) is 0 Å². The van der Waals surface area contributed by atoms with Gasteiger partial charge in [-0.2, -0.15) is 13.2 Å². The summed E-state index contributed by atoms with van der Waals surface area (Å²) in [6.07, 6.45) is -4.93. The van der Waals surface area contributed by atoms with E-state index in [4.69, 9.17) is 4.74 Å². The van der Waals surface area contributed by atoms with Gasteiger partial charge < -0.3 is 10.1 Å². The van der Waals surface area contributed by atoms with Gasteiger partial charge in [0.05, 0.1) is 19.1 Å². The Morgan fingerprint density at radius 3 is 2.25 bits per heavy atom. The lowest BCUT2D eigenvalue weighted by atomic mass is 10.2. The maximum Gasteiger partial charge on any atom is 0.391 e. The highest BCUT2D eigenvalue weighted by Gasteiger charge is 2.27. The summed E-state index contributed by atoms with van der Waals surface area (Å²) in [6, 6.07) is 0. The van der Waals surface area contributed by atoms with Crippen molar-refractivity contribution in [3.05, 3.63) is 0 Å². The number of alkyl halides is 3. The van der Waals surface area contributed by atoms with Gasteiger partial charge >= 0.3 is 6.18 Å². The Morgan fingerprint density at radius 2 is 1.92 bits per heavy atom. The fraction of sp³-hybridized carbons (Fsp3) is 1.00. The van der Waals surface area contributed by atoms with Crippen molar-refractivity contribution in [2.24, 2.45) is 0 Å². The first-order valence-corrected chi connectivity index (χ1v) is 3.47. The molecule has 0 aromatic heterocycles. The van der Waals surface area contributed by atoms with Crippen LogP contribution in [-0.2, 0) is 4.74 Å². The molecule has 0 spiro atoms. The van der Waals surface area contributed by atoms with Crippen LogP contribution in [0.5, 0.6) is 0 Å². The lowest BCUT2D eigenvalue weighted by Gasteiger charge is -2.27. The van der Waals surface area contributed by atoms with E-state index in [2.05, 4.69) is 5.32 Å². The van der Waals surface area contributed by atoms with Crippen LogP contribution in [-0.4, -0.2) is 32.0 Å². The van der Waals surface area contributed by atoms with E-state index < -0.39 is 12.6 Å². The van der Waals surface area contributed by atoms with Crippen molar-refractivity contribution in [2.75, 3.05) is 19.7 Å². The molecule has 1 N–H and O–H groups in total. The van der Waals surface area contributed by atoms with Crippen LogP contribution >= 0.6 is 12.4 Å². The Labute approximate surface area is 74.9 Å². The molecule has 0 atom stereocenters. The predicted octanol–water partition coefficient (Wildman–Crippen LogP) is 1.35. The number of hydrogen-bond donors (Lipinski definition) is 1. The zero-order chi connectivity index (χ0) is 8.32. The minimum atomic E-state index is -4.09. The van der Waals surface area contributed by atoms with Crippen LogP contribution in [0.2, 0.25) is 0 Å². The molecule has 1 rings (SSSR count). The van der Waals surface area contributed by atoms with E-state index >= 15 is 0 Å². The average molecular weight is 206 g/mol. The third-order valence-corrected chi connectivity index (χ3v) is 1.48. The Morgan fingerprint density at radius 1 is 1.33 bits per heavy atom. The van der Waals surface area contributed by atoms with E-state index in [1.807, 2.05) is 0 Å². The molecule has 0 aromatic carbocycles. The molecular weight excluding hydrogens is 195 g/mol. The molecule has 1 saturated heterocycles. The van der Waals surface area contributed by atoms with Gasteiger partial charge in [0.25, 0.3) is 0 Å². The zero-order valence-corrected chi connectivity index (χ0v) is 7.17. The van der Waals surface area contributed by atoms with E-state index in [0.29, 0.717) is 13.1 Å². The lowest BCUT2D eigenvalue weighted by molar-refractivity contribution is -0.150. The second-order valence-corrected chi connectivity index (χ2v) is 2.52. The number of ether oxygens (including phenoxy) is 1. The number of rotatable bonds is 3. The van der Waals surface area contributed by atoms with Crippen molar-refractivity contribution >= 4 is 12.4 Å². The second-order valence-electron chi connectivity index (χ2n) is 2.52. The summed E-state index contributed by atoms with van der Waals surface area (Å²) < 4.78 is 39.5. The maximum atomic E-state index is 11.5. The van der Waals surface area contributed by atoms with Crippen molar-refractivity contribution in [1.29, 1.82) is 0 Å². The summed E-state index contributed by atoms with van der Waals surface area (Å²) in [5, 5.41) is 2.90. The Kier molecular flexibility index (Phi) is 4.89. The first-order valence-electron chi connectivity index (χ1n) is 3.47. The highest BCUT2D eigenvalue weighted by Crippen LogP contribution is 2.19. The Hall–Kier alpha value is -0.0000000000000000416. The van der Waals surface area contributed by atoms with E-state index in [1.54, 1.807) is 0 Å². The van der Waals surface area contributed by atoms with Crippen LogP contribution in [0.25, 0.3) is 0 Å². The van der Waals surface area contributed by atoms with E-state index in [1.165, 1.54) is 0 Å². The lowest BCUT2D eigenvalue weighted by Crippen LogP contribution is -2.48. The first kappa shape index (κ1) is 12.0. The molecule has 1 aliphatic heterocycles. The quantitative estimate of drug-likeness (QED) is 0.751. The topological polar surface area (TPSA) is 21.3 Å². The van der Waals surface area contributed by atoms with E-state index in [0.717, 1.165) is 0 Å². The molecule has 0 bridgehead atoms. The van der Waals surface area contributed by atoms with E-state index in [-0.39, 0.29) is 25.1 Å². The van der Waals surface area contributed by atoms with Gasteiger partial charge in [-0.1, -0.05) is 0 Å². The molecule has 0 unspecified atom stereocenters. The largest absolute Gasteiger partial charge is 0.391 e. The monoisotopic (exact) mass is 205 g/mol. The highest BCUT2D eigenvalue weighted by atomic mass is 35.5. The molecule has 0 aliphatic carbocycles. The molecule has 0 saturated carbocycles. The molecule has 0 amide bonds. The van der Waals surface area contributed by atoms with Crippen molar-refractivity contribution in [1.82, 2.24) is 5.32 Å². The standard InChI is InChI=1S/C6H10F3NO.ClH/c7-6(8,9)1-2-11-5-3-10-4-5;/h5,10H,1-4H2;1H. The Bertz CT molecular complexity index is 126. The molecule has 1 heterocycles. The third-order valence-electron chi connectivity index (χ3n) is 1.48. The van der Waals surface area contributed by atoms with Gasteiger partial charge in [-0.15, -0.1) is 12.4 Å². The number of nitrogens with one attached hydrogen (secondary N) is 1. The fourth-order valence-electron chi connectivity index (χ4n) is 0.721. The molecule has 2 nitrogen and oxygen atoms in total. The average Bonchev–Trinajstić information content (AvgIpc) is 1.73. The summed E-state index contributed by atoms with van der Waals surface area (Å²) in [7, 11) is 0. The van der Waals surface area contributed by atoms with E-state index in [9.17, 15) is 13.2 Å². The third kappa shape index (κ3) is 4.79. The van der Waals surface area contributed by atoms with Crippen molar-refractivity contribution in [2.45, 2.75) is 18.7 Å². The molecule has 1 fully saturated rings.